The van der Waals surface area contributed by atoms with Crippen LogP contribution in [0.2, 0.25) is 0 Å². The minimum atomic E-state index is -0.661. The van der Waals surface area contributed by atoms with Crippen LogP contribution >= 0.6 is 27.7 Å². The molecule has 1 amide bonds. The summed E-state index contributed by atoms with van der Waals surface area (Å²) >= 11 is 4.98. The zero-order chi connectivity index (χ0) is 15.1. The van der Waals surface area contributed by atoms with Crippen molar-refractivity contribution in [2.45, 2.75) is 24.8 Å². The van der Waals surface area contributed by atoms with Crippen molar-refractivity contribution in [1.82, 2.24) is 5.32 Å². The Morgan fingerprint density at radius 2 is 2.15 bits per heavy atom. The van der Waals surface area contributed by atoms with Crippen molar-refractivity contribution in [3.63, 3.8) is 0 Å². The van der Waals surface area contributed by atoms with Crippen molar-refractivity contribution in [3.05, 3.63) is 27.7 Å². The van der Waals surface area contributed by atoms with Gasteiger partial charge < -0.3 is 15.2 Å². The van der Waals surface area contributed by atoms with E-state index in [4.69, 9.17) is 4.74 Å². The molecule has 20 heavy (non-hydrogen) atoms. The van der Waals surface area contributed by atoms with Crippen molar-refractivity contribution < 1.29 is 14.6 Å². The van der Waals surface area contributed by atoms with Crippen molar-refractivity contribution in [2.75, 3.05) is 26.0 Å². The number of amides is 1. The molecule has 0 aliphatic carbocycles. The number of hydrogen-bond acceptors (Lipinski definition) is 4. The topological polar surface area (TPSA) is 58.6 Å². The lowest BCUT2D eigenvalue weighted by Gasteiger charge is -2.11. The van der Waals surface area contributed by atoms with Gasteiger partial charge in [0.05, 0.1) is 18.5 Å². The number of aliphatic hydroxyl groups is 1. The SMILES string of the molecule is COCC(O)CNC(=O)CSc1cc(C)c(Br)cc1C. The van der Waals surface area contributed by atoms with Crippen molar-refractivity contribution >= 4 is 33.6 Å². The summed E-state index contributed by atoms with van der Waals surface area (Å²) in [6, 6.07) is 4.12. The largest absolute Gasteiger partial charge is 0.389 e. The molecule has 1 atom stereocenters. The van der Waals surface area contributed by atoms with E-state index in [0.717, 1.165) is 20.5 Å². The van der Waals surface area contributed by atoms with E-state index in [2.05, 4.69) is 33.4 Å². The molecule has 0 aromatic heterocycles. The molecule has 1 aromatic carbocycles. The van der Waals surface area contributed by atoms with E-state index in [1.165, 1.54) is 18.9 Å². The molecule has 0 aliphatic heterocycles. The maximum absolute atomic E-state index is 11.7. The number of carbonyl (C=O) groups is 1. The standard InChI is InChI=1S/C14H20BrNO3S/c1-9-5-13(10(2)4-12(9)15)20-8-14(18)16-6-11(17)7-19-3/h4-5,11,17H,6-8H2,1-3H3,(H,16,18). The van der Waals surface area contributed by atoms with Gasteiger partial charge in [-0.25, -0.2) is 0 Å². The number of rotatable bonds is 7. The molecule has 4 nitrogen and oxygen atoms in total. The Bertz CT molecular complexity index is 468. The quantitative estimate of drug-likeness (QED) is 0.731. The number of thioether (sulfide) groups is 1. The summed E-state index contributed by atoms with van der Waals surface area (Å²) in [6.07, 6.45) is -0.661. The van der Waals surface area contributed by atoms with Gasteiger partial charge in [-0.3, -0.25) is 4.79 Å². The predicted octanol–water partition coefficient (Wildman–Crippen LogP) is 2.28. The fourth-order valence-corrected chi connectivity index (χ4v) is 2.98. The zero-order valence-corrected chi connectivity index (χ0v) is 14.3. The summed E-state index contributed by atoms with van der Waals surface area (Å²) in [5, 5.41) is 12.1. The molecule has 0 heterocycles. The van der Waals surface area contributed by atoms with Crippen LogP contribution in [0.25, 0.3) is 0 Å². The maximum atomic E-state index is 11.7. The molecular formula is C14H20BrNO3S. The van der Waals surface area contributed by atoms with Gasteiger partial charge >= 0.3 is 0 Å². The summed E-state index contributed by atoms with van der Waals surface area (Å²) in [7, 11) is 1.51. The molecule has 0 radical (unpaired) electrons. The van der Waals surface area contributed by atoms with Crippen molar-refractivity contribution in [2.24, 2.45) is 0 Å². The molecule has 0 saturated carbocycles. The number of benzene rings is 1. The van der Waals surface area contributed by atoms with Gasteiger partial charge in [0.25, 0.3) is 0 Å². The fourth-order valence-electron chi connectivity index (χ4n) is 1.59. The van der Waals surface area contributed by atoms with Gasteiger partial charge in [0.15, 0.2) is 0 Å². The molecule has 0 saturated heterocycles. The molecule has 0 bridgehead atoms. The van der Waals surface area contributed by atoms with E-state index in [1.54, 1.807) is 0 Å². The lowest BCUT2D eigenvalue weighted by atomic mass is 10.2. The van der Waals surface area contributed by atoms with E-state index in [-0.39, 0.29) is 19.1 Å². The molecule has 112 valence electrons. The number of ether oxygens (including phenoxy) is 1. The average Bonchev–Trinajstić information content (AvgIpc) is 2.39. The monoisotopic (exact) mass is 361 g/mol. The predicted molar refractivity (Wildman–Crippen MR) is 85.2 cm³/mol. The van der Waals surface area contributed by atoms with Gasteiger partial charge in [0.1, 0.15) is 0 Å². The Balaban J connectivity index is 2.43. The summed E-state index contributed by atoms with van der Waals surface area (Å²) in [5.41, 5.74) is 2.29. The molecule has 0 fully saturated rings. The van der Waals surface area contributed by atoms with Crippen LogP contribution in [0.15, 0.2) is 21.5 Å². The third kappa shape index (κ3) is 5.83. The molecule has 0 aliphatic rings. The van der Waals surface area contributed by atoms with Gasteiger partial charge in [-0.1, -0.05) is 15.9 Å². The Morgan fingerprint density at radius 3 is 2.80 bits per heavy atom. The van der Waals surface area contributed by atoms with Crippen molar-refractivity contribution in [1.29, 1.82) is 0 Å². The smallest absolute Gasteiger partial charge is 0.230 e. The van der Waals surface area contributed by atoms with E-state index in [0.29, 0.717) is 5.75 Å². The maximum Gasteiger partial charge on any atom is 0.230 e. The van der Waals surface area contributed by atoms with Crippen LogP contribution < -0.4 is 5.32 Å². The van der Waals surface area contributed by atoms with Crippen LogP contribution in [-0.4, -0.2) is 43.1 Å². The highest BCUT2D eigenvalue weighted by atomic mass is 79.9. The molecular weight excluding hydrogens is 342 g/mol. The normalized spacial score (nSPS) is 12.2. The summed E-state index contributed by atoms with van der Waals surface area (Å²) in [5.74, 6) is 0.242. The van der Waals surface area contributed by atoms with E-state index in [9.17, 15) is 9.90 Å². The lowest BCUT2D eigenvalue weighted by molar-refractivity contribution is -0.119. The Kier molecular flexibility index (Phi) is 7.58. The fraction of sp³-hybridized carbons (Fsp3) is 0.500. The molecule has 1 rings (SSSR count). The van der Waals surface area contributed by atoms with Crippen LogP contribution in [0.1, 0.15) is 11.1 Å². The Morgan fingerprint density at radius 1 is 1.45 bits per heavy atom. The average molecular weight is 362 g/mol. The number of halogens is 1. The first-order valence-corrected chi connectivity index (χ1v) is 8.05. The highest BCUT2D eigenvalue weighted by molar-refractivity contribution is 9.10. The molecule has 6 heteroatoms. The number of hydrogen-bond donors (Lipinski definition) is 2. The minimum absolute atomic E-state index is 0.0925. The summed E-state index contributed by atoms with van der Waals surface area (Å²) < 4.78 is 5.87. The van der Waals surface area contributed by atoms with Crippen LogP contribution in [0.3, 0.4) is 0 Å². The molecule has 0 spiro atoms. The third-order valence-electron chi connectivity index (χ3n) is 2.71. The van der Waals surface area contributed by atoms with Gasteiger partial charge in [-0.05, 0) is 37.1 Å². The van der Waals surface area contributed by atoms with Crippen LogP contribution in [0, 0.1) is 13.8 Å². The van der Waals surface area contributed by atoms with Gasteiger partial charge in [0.2, 0.25) is 5.91 Å². The first kappa shape index (κ1) is 17.5. The van der Waals surface area contributed by atoms with Crippen LogP contribution in [0.5, 0.6) is 0 Å². The number of carbonyl (C=O) groups excluding carboxylic acids is 1. The van der Waals surface area contributed by atoms with Gasteiger partial charge in [-0.15, -0.1) is 11.8 Å². The third-order valence-corrected chi connectivity index (χ3v) is 4.72. The van der Waals surface area contributed by atoms with Crippen molar-refractivity contribution in [3.8, 4) is 0 Å². The lowest BCUT2D eigenvalue weighted by Crippen LogP contribution is -2.35. The Hall–Kier alpha value is -0.560. The molecule has 1 aromatic rings. The minimum Gasteiger partial charge on any atom is -0.389 e. The summed E-state index contributed by atoms with van der Waals surface area (Å²) in [6.45, 7) is 4.48. The molecule has 2 N–H and O–H groups in total. The first-order chi connectivity index (χ1) is 9.43. The second kappa shape index (κ2) is 8.67. The van der Waals surface area contributed by atoms with E-state index >= 15 is 0 Å². The second-order valence-electron chi connectivity index (χ2n) is 4.57. The summed E-state index contributed by atoms with van der Waals surface area (Å²) in [4.78, 5) is 12.8. The van der Waals surface area contributed by atoms with Gasteiger partial charge in [-0.2, -0.15) is 0 Å². The second-order valence-corrected chi connectivity index (χ2v) is 6.44. The number of methoxy groups -OCH3 is 1. The van der Waals surface area contributed by atoms with Crippen LogP contribution in [-0.2, 0) is 9.53 Å². The number of aryl methyl sites for hydroxylation is 2. The highest BCUT2D eigenvalue weighted by Crippen LogP contribution is 2.28. The highest BCUT2D eigenvalue weighted by Gasteiger charge is 2.09. The number of aliphatic hydroxyl groups excluding tert-OH is 1. The van der Waals surface area contributed by atoms with E-state index in [1.807, 2.05) is 13.8 Å². The van der Waals surface area contributed by atoms with Crippen LogP contribution in [0.4, 0.5) is 0 Å². The zero-order valence-electron chi connectivity index (χ0n) is 11.9. The first-order valence-electron chi connectivity index (χ1n) is 6.27. The number of nitrogens with one attached hydrogen (secondary N) is 1. The van der Waals surface area contributed by atoms with Gasteiger partial charge in [0, 0.05) is 23.0 Å². The Labute approximate surface area is 132 Å². The molecule has 1 unspecified atom stereocenters. The van der Waals surface area contributed by atoms with E-state index < -0.39 is 6.10 Å².